The topological polar surface area (TPSA) is 68.9 Å². The quantitative estimate of drug-likeness (QED) is 0.381. The molecule has 2 aromatic carbocycles. The van der Waals surface area contributed by atoms with Crippen LogP contribution < -0.4 is 20.5 Å². The van der Waals surface area contributed by atoms with Gasteiger partial charge in [-0.1, -0.05) is 18.2 Å². The van der Waals surface area contributed by atoms with Crippen molar-refractivity contribution in [2.24, 2.45) is 10.7 Å². The lowest BCUT2D eigenvalue weighted by atomic mass is 10.0. The summed E-state index contributed by atoms with van der Waals surface area (Å²) < 4.78 is 11.8. The van der Waals surface area contributed by atoms with Crippen molar-refractivity contribution in [1.29, 1.82) is 0 Å². The predicted molar refractivity (Wildman–Crippen MR) is 120 cm³/mol. The molecule has 3 unspecified atom stereocenters. The number of rotatable bonds is 5. The zero-order chi connectivity index (χ0) is 18.1. The molecule has 4 rings (SSSR count). The van der Waals surface area contributed by atoms with E-state index in [1.54, 1.807) is 0 Å². The Kier molecular flexibility index (Phi) is 6.14. The van der Waals surface area contributed by atoms with Crippen LogP contribution in [0, 0.1) is 0 Å². The van der Waals surface area contributed by atoms with Gasteiger partial charge in [-0.15, -0.1) is 24.0 Å². The van der Waals surface area contributed by atoms with Gasteiger partial charge in [0.15, 0.2) is 5.96 Å². The summed E-state index contributed by atoms with van der Waals surface area (Å²) in [5, 5.41) is 3.14. The fourth-order valence-electron chi connectivity index (χ4n) is 3.56. The number of halogens is 1. The van der Waals surface area contributed by atoms with Gasteiger partial charge in [-0.25, -0.2) is 4.99 Å². The molecule has 1 fully saturated rings. The number of anilines is 1. The summed E-state index contributed by atoms with van der Waals surface area (Å²) in [4.78, 5) is 4.64. The van der Waals surface area contributed by atoms with Crippen molar-refractivity contribution in [3.8, 4) is 11.5 Å². The summed E-state index contributed by atoms with van der Waals surface area (Å²) >= 11 is 0. The molecule has 0 amide bonds. The molecular weight excluding hydrogens is 453 g/mol. The van der Waals surface area contributed by atoms with Gasteiger partial charge in [0.2, 0.25) is 0 Å². The van der Waals surface area contributed by atoms with E-state index in [0.717, 1.165) is 30.0 Å². The summed E-state index contributed by atoms with van der Waals surface area (Å²) in [5.74, 6) is 2.73. The maximum Gasteiger partial charge on any atom is 0.193 e. The van der Waals surface area contributed by atoms with Gasteiger partial charge in [-0.3, -0.25) is 0 Å². The number of ether oxygens (including phenoxy) is 2. The second-order valence-corrected chi connectivity index (χ2v) is 6.98. The number of nitrogens with one attached hydrogen (secondary N) is 1. The van der Waals surface area contributed by atoms with Crippen LogP contribution in [-0.4, -0.2) is 24.7 Å². The monoisotopic (exact) mass is 479 g/mol. The number of aliphatic imine (C=N–C) groups is 1. The van der Waals surface area contributed by atoms with Crippen LogP contribution in [0.1, 0.15) is 37.3 Å². The van der Waals surface area contributed by atoms with Gasteiger partial charge >= 0.3 is 0 Å². The zero-order valence-electron chi connectivity index (χ0n) is 15.6. The van der Waals surface area contributed by atoms with Crippen LogP contribution in [0.25, 0.3) is 0 Å². The van der Waals surface area contributed by atoms with Crippen LogP contribution in [0.5, 0.6) is 11.5 Å². The van der Waals surface area contributed by atoms with Crippen molar-refractivity contribution in [1.82, 2.24) is 0 Å². The molecule has 0 radical (unpaired) electrons. The van der Waals surface area contributed by atoms with Crippen LogP contribution >= 0.6 is 24.0 Å². The maximum absolute atomic E-state index is 6.08. The van der Waals surface area contributed by atoms with Crippen molar-refractivity contribution in [3.05, 3.63) is 53.6 Å². The van der Waals surface area contributed by atoms with Crippen molar-refractivity contribution < 1.29 is 9.47 Å². The van der Waals surface area contributed by atoms with E-state index < -0.39 is 0 Å². The van der Waals surface area contributed by atoms with E-state index >= 15 is 0 Å². The number of fused-ring (bicyclic) bond motifs is 1. The van der Waals surface area contributed by atoms with E-state index in [2.05, 4.69) is 29.4 Å². The molecule has 6 heteroatoms. The van der Waals surface area contributed by atoms with Crippen LogP contribution in [0.2, 0.25) is 0 Å². The Morgan fingerprint density at radius 2 is 2.07 bits per heavy atom. The fourth-order valence-corrected chi connectivity index (χ4v) is 3.56. The first-order valence-electron chi connectivity index (χ1n) is 9.25. The van der Waals surface area contributed by atoms with Gasteiger partial charge in [-0.05, 0) is 44.5 Å². The van der Waals surface area contributed by atoms with Gasteiger partial charge in [0.1, 0.15) is 17.6 Å². The van der Waals surface area contributed by atoms with Gasteiger partial charge in [0, 0.05) is 29.2 Å². The number of hydrogen-bond donors (Lipinski definition) is 2. The van der Waals surface area contributed by atoms with E-state index in [-0.39, 0.29) is 36.1 Å². The molecule has 0 saturated heterocycles. The molecular formula is C21H26IN3O2. The van der Waals surface area contributed by atoms with Gasteiger partial charge < -0.3 is 20.5 Å². The average molecular weight is 479 g/mol. The number of benzene rings is 2. The fraction of sp³-hybridized carbons (Fsp3) is 0.381. The Balaban J connectivity index is 0.00000210. The molecule has 5 nitrogen and oxygen atoms in total. The number of nitrogens with zero attached hydrogens (tertiary/aromatic N) is 1. The van der Waals surface area contributed by atoms with Gasteiger partial charge in [-0.2, -0.15) is 0 Å². The Morgan fingerprint density at radius 1 is 1.30 bits per heavy atom. The van der Waals surface area contributed by atoms with Crippen molar-refractivity contribution in [2.75, 3.05) is 11.9 Å². The number of hydrogen-bond acceptors (Lipinski definition) is 3. The van der Waals surface area contributed by atoms with E-state index in [9.17, 15) is 0 Å². The third-order valence-corrected chi connectivity index (χ3v) is 4.84. The molecule has 2 aliphatic rings. The molecule has 144 valence electrons. The van der Waals surface area contributed by atoms with Crippen LogP contribution in [0.15, 0.2) is 47.5 Å². The van der Waals surface area contributed by atoms with Crippen LogP contribution in [0.3, 0.4) is 0 Å². The van der Waals surface area contributed by atoms with Crippen molar-refractivity contribution >= 4 is 35.6 Å². The molecule has 1 aliphatic carbocycles. The second-order valence-electron chi connectivity index (χ2n) is 6.98. The van der Waals surface area contributed by atoms with E-state index in [0.29, 0.717) is 18.5 Å². The van der Waals surface area contributed by atoms with Gasteiger partial charge in [0.05, 0.1) is 12.6 Å². The van der Waals surface area contributed by atoms with Crippen LogP contribution in [-0.2, 0) is 6.42 Å². The lowest BCUT2D eigenvalue weighted by Crippen LogP contribution is -2.23. The van der Waals surface area contributed by atoms with Crippen molar-refractivity contribution in [3.63, 3.8) is 0 Å². The first kappa shape index (κ1) is 19.8. The molecule has 0 aromatic heterocycles. The molecule has 0 spiro atoms. The summed E-state index contributed by atoms with van der Waals surface area (Å²) in [6.07, 6.45) is 2.15. The Labute approximate surface area is 177 Å². The Bertz CT molecular complexity index is 826. The lowest BCUT2D eigenvalue weighted by Gasteiger charge is -2.12. The highest BCUT2D eigenvalue weighted by Gasteiger charge is 2.41. The minimum Gasteiger partial charge on any atom is -0.494 e. The highest BCUT2D eigenvalue weighted by atomic mass is 127. The predicted octanol–water partition coefficient (Wildman–Crippen LogP) is 4.31. The minimum absolute atomic E-state index is 0. The maximum atomic E-state index is 6.08. The molecule has 27 heavy (non-hydrogen) atoms. The minimum atomic E-state index is 0. The molecule has 3 atom stereocenters. The average Bonchev–Trinajstić information content (AvgIpc) is 3.26. The number of guanidine groups is 1. The SMILES string of the molecule is CCOc1cc2c(cc1C1CC1N=C(N)Nc1ccccc1)OC(C)C2.I. The normalized spacial score (nSPS) is 23.0. The highest BCUT2D eigenvalue weighted by molar-refractivity contribution is 14.0. The number of para-hydroxylation sites is 1. The lowest BCUT2D eigenvalue weighted by molar-refractivity contribution is 0.254. The molecule has 2 aromatic rings. The standard InChI is InChI=1S/C21H25N3O2.HI/c1-3-25-20-10-14-9-13(2)26-19(14)12-17(20)16-11-18(16)24-21(22)23-15-7-5-4-6-8-15;/h4-8,10,12-13,16,18H,3,9,11H2,1-2H3,(H3,22,23,24);1H. The third kappa shape index (κ3) is 4.48. The third-order valence-electron chi connectivity index (χ3n) is 4.84. The molecule has 1 saturated carbocycles. The zero-order valence-corrected chi connectivity index (χ0v) is 18.0. The summed E-state index contributed by atoms with van der Waals surface area (Å²) in [5.41, 5.74) is 9.43. The number of nitrogens with two attached hydrogens (primary N) is 1. The summed E-state index contributed by atoms with van der Waals surface area (Å²) in [6.45, 7) is 4.77. The molecule has 3 N–H and O–H groups in total. The van der Waals surface area contributed by atoms with E-state index in [4.69, 9.17) is 15.2 Å². The first-order chi connectivity index (χ1) is 12.6. The van der Waals surface area contributed by atoms with Crippen LogP contribution in [0.4, 0.5) is 5.69 Å². The summed E-state index contributed by atoms with van der Waals surface area (Å²) in [6, 6.07) is 14.3. The highest BCUT2D eigenvalue weighted by Crippen LogP contribution is 2.49. The van der Waals surface area contributed by atoms with E-state index in [1.807, 2.05) is 37.3 Å². The second kappa shape index (κ2) is 8.37. The van der Waals surface area contributed by atoms with Gasteiger partial charge in [0.25, 0.3) is 0 Å². The molecule has 1 aliphatic heterocycles. The Morgan fingerprint density at radius 3 is 2.81 bits per heavy atom. The summed E-state index contributed by atoms with van der Waals surface area (Å²) in [7, 11) is 0. The first-order valence-corrected chi connectivity index (χ1v) is 9.25. The smallest absolute Gasteiger partial charge is 0.193 e. The molecule has 1 heterocycles. The largest absolute Gasteiger partial charge is 0.494 e. The molecule has 0 bridgehead atoms. The van der Waals surface area contributed by atoms with E-state index in [1.165, 1.54) is 11.1 Å². The Hall–Kier alpha value is -1.96. The van der Waals surface area contributed by atoms with Crippen molar-refractivity contribution in [2.45, 2.75) is 44.8 Å².